The normalized spacial score (nSPS) is 19.1. The summed E-state index contributed by atoms with van der Waals surface area (Å²) in [6.45, 7) is 8.23. The number of benzene rings is 1. The molecule has 2 rings (SSSR count). The predicted octanol–water partition coefficient (Wildman–Crippen LogP) is 2.92. The molecule has 1 aliphatic heterocycles. The van der Waals surface area contributed by atoms with E-state index in [0.717, 1.165) is 11.4 Å². The quantitative estimate of drug-likeness (QED) is 0.487. The lowest BCUT2D eigenvalue weighted by atomic mass is 9.84. The molecule has 0 saturated heterocycles. The largest absolute Gasteiger partial charge is 0.466 e. The van der Waals surface area contributed by atoms with E-state index in [-0.39, 0.29) is 11.1 Å². The van der Waals surface area contributed by atoms with Crippen molar-refractivity contribution in [1.29, 1.82) is 0 Å². The van der Waals surface area contributed by atoms with Crippen molar-refractivity contribution in [3.8, 4) is 0 Å². The smallest absolute Gasteiger partial charge is 0.333 e. The minimum Gasteiger partial charge on any atom is -0.466 e. The van der Waals surface area contributed by atoms with Gasteiger partial charge < -0.3 is 9.57 Å². The van der Waals surface area contributed by atoms with Gasteiger partial charge in [-0.05, 0) is 27.7 Å². The van der Waals surface area contributed by atoms with E-state index >= 15 is 0 Å². The topological polar surface area (TPSA) is 51.1 Å². The Morgan fingerprint density at radius 2 is 1.82 bits per heavy atom. The van der Waals surface area contributed by atoms with Gasteiger partial charge in [-0.25, -0.2) is 4.79 Å². The van der Waals surface area contributed by atoms with Crippen LogP contribution in [0.25, 0.3) is 0 Å². The van der Waals surface area contributed by atoms with Crippen LogP contribution in [0.15, 0.2) is 47.7 Å². The summed E-state index contributed by atoms with van der Waals surface area (Å²) in [5.74, 6) is 0.277. The molecule has 118 valence electrons. The molecular formula is C17H22N2O3. The van der Waals surface area contributed by atoms with E-state index < -0.39 is 5.97 Å². The van der Waals surface area contributed by atoms with Gasteiger partial charge in [0.05, 0.1) is 24.3 Å². The zero-order valence-electron chi connectivity index (χ0n) is 13.7. The number of aliphatic imine (C=N–C) groups is 1. The number of rotatable bonds is 4. The zero-order chi connectivity index (χ0) is 16.4. The first-order chi connectivity index (χ1) is 10.3. The van der Waals surface area contributed by atoms with E-state index in [1.807, 2.05) is 30.3 Å². The molecule has 0 N–H and O–H groups in total. The zero-order valence-corrected chi connectivity index (χ0v) is 13.7. The molecule has 22 heavy (non-hydrogen) atoms. The molecule has 0 unspecified atom stereocenters. The van der Waals surface area contributed by atoms with Crippen LogP contribution in [0, 0.1) is 0 Å². The second kappa shape index (κ2) is 5.83. The monoisotopic (exact) mass is 302 g/mol. The first-order valence-electron chi connectivity index (χ1n) is 7.16. The molecule has 0 aromatic heterocycles. The maximum Gasteiger partial charge on any atom is 0.333 e. The number of hydrogen-bond acceptors (Lipinski definition) is 5. The summed E-state index contributed by atoms with van der Waals surface area (Å²) >= 11 is 0. The van der Waals surface area contributed by atoms with Crippen molar-refractivity contribution in [1.82, 2.24) is 5.06 Å². The van der Waals surface area contributed by atoms with Crippen LogP contribution in [0.4, 0.5) is 0 Å². The molecule has 0 atom stereocenters. The highest BCUT2D eigenvalue weighted by atomic mass is 16.7. The van der Waals surface area contributed by atoms with Crippen molar-refractivity contribution in [3.63, 3.8) is 0 Å². The standard InChI is InChI=1S/C17H22N2O3/c1-16(2)17(3,4)19(22-12-11-14(20)21-5)15(18-16)13-9-7-6-8-10-13/h6-12H,1-5H3/b12-11+. The number of esters is 1. The van der Waals surface area contributed by atoms with Crippen LogP contribution in [0.2, 0.25) is 0 Å². The molecule has 0 saturated carbocycles. The Balaban J connectivity index is 2.33. The predicted molar refractivity (Wildman–Crippen MR) is 85.2 cm³/mol. The van der Waals surface area contributed by atoms with Crippen molar-refractivity contribution >= 4 is 11.8 Å². The Hall–Kier alpha value is -2.30. The summed E-state index contributed by atoms with van der Waals surface area (Å²) in [5.41, 5.74) is 0.253. The molecule has 1 aliphatic rings. The molecule has 0 spiro atoms. The summed E-state index contributed by atoms with van der Waals surface area (Å²) in [4.78, 5) is 21.7. The molecule has 1 aromatic carbocycles. The number of hydrogen-bond donors (Lipinski definition) is 0. The average molecular weight is 302 g/mol. The number of hydroxylamine groups is 2. The van der Waals surface area contributed by atoms with Crippen LogP contribution >= 0.6 is 0 Å². The second-order valence-electron chi connectivity index (χ2n) is 6.15. The first kappa shape index (κ1) is 16.1. The highest BCUT2D eigenvalue weighted by molar-refractivity contribution is 6.00. The third-order valence-corrected chi connectivity index (χ3v) is 4.19. The summed E-state index contributed by atoms with van der Waals surface area (Å²) < 4.78 is 4.56. The highest BCUT2D eigenvalue weighted by Crippen LogP contribution is 2.39. The minimum absolute atomic E-state index is 0.336. The Morgan fingerprint density at radius 1 is 1.18 bits per heavy atom. The van der Waals surface area contributed by atoms with Gasteiger partial charge in [-0.15, -0.1) is 0 Å². The number of ether oxygens (including phenoxy) is 1. The lowest BCUT2D eigenvalue weighted by Gasteiger charge is -2.39. The number of amidine groups is 1. The molecule has 0 amide bonds. The van der Waals surface area contributed by atoms with Crippen LogP contribution < -0.4 is 0 Å². The van der Waals surface area contributed by atoms with Gasteiger partial charge in [0.2, 0.25) is 0 Å². The van der Waals surface area contributed by atoms with Gasteiger partial charge in [-0.1, -0.05) is 30.3 Å². The van der Waals surface area contributed by atoms with Gasteiger partial charge in [0.25, 0.3) is 0 Å². The van der Waals surface area contributed by atoms with Gasteiger partial charge in [0.15, 0.2) is 5.84 Å². The first-order valence-corrected chi connectivity index (χ1v) is 7.16. The van der Waals surface area contributed by atoms with Gasteiger partial charge in [-0.3, -0.25) is 4.99 Å². The molecule has 0 fully saturated rings. The molecule has 5 nitrogen and oxygen atoms in total. The fourth-order valence-corrected chi connectivity index (χ4v) is 2.13. The average Bonchev–Trinajstić information content (AvgIpc) is 2.67. The van der Waals surface area contributed by atoms with Gasteiger partial charge >= 0.3 is 5.97 Å². The second-order valence-corrected chi connectivity index (χ2v) is 6.15. The highest BCUT2D eigenvalue weighted by Gasteiger charge is 2.50. The molecule has 1 heterocycles. The van der Waals surface area contributed by atoms with E-state index in [4.69, 9.17) is 9.83 Å². The van der Waals surface area contributed by atoms with Gasteiger partial charge in [0, 0.05) is 5.56 Å². The number of methoxy groups -OCH3 is 1. The van der Waals surface area contributed by atoms with E-state index in [1.54, 1.807) is 5.06 Å². The Morgan fingerprint density at radius 3 is 2.41 bits per heavy atom. The number of nitrogens with zero attached hydrogens (tertiary/aromatic N) is 2. The Labute approximate surface area is 131 Å². The van der Waals surface area contributed by atoms with Crippen molar-refractivity contribution in [2.75, 3.05) is 7.11 Å². The minimum atomic E-state index is -0.463. The Kier molecular flexibility index (Phi) is 4.26. The van der Waals surface area contributed by atoms with Crippen LogP contribution in [-0.2, 0) is 14.4 Å². The summed E-state index contributed by atoms with van der Waals surface area (Å²) in [6, 6.07) is 9.84. The van der Waals surface area contributed by atoms with Gasteiger partial charge in [-0.2, -0.15) is 5.06 Å². The molecule has 5 heteroatoms. The number of carbonyl (C=O) groups is 1. The van der Waals surface area contributed by atoms with E-state index in [9.17, 15) is 4.79 Å². The molecule has 0 radical (unpaired) electrons. The number of carbonyl (C=O) groups excluding carboxylic acids is 1. The van der Waals surface area contributed by atoms with Crippen molar-refractivity contribution in [2.45, 2.75) is 38.8 Å². The van der Waals surface area contributed by atoms with Gasteiger partial charge in [0.1, 0.15) is 6.26 Å². The summed E-state index contributed by atoms with van der Waals surface area (Å²) in [7, 11) is 1.33. The maximum atomic E-state index is 11.2. The van der Waals surface area contributed by atoms with E-state index in [1.165, 1.54) is 19.4 Å². The van der Waals surface area contributed by atoms with Crippen LogP contribution in [0.1, 0.15) is 33.3 Å². The SMILES string of the molecule is COC(=O)/C=C/ON1C(c2ccccc2)=NC(C)(C)C1(C)C. The van der Waals surface area contributed by atoms with E-state index in [2.05, 4.69) is 32.4 Å². The van der Waals surface area contributed by atoms with Crippen molar-refractivity contribution in [2.24, 2.45) is 4.99 Å². The summed E-state index contributed by atoms with van der Waals surface area (Å²) in [6.07, 6.45) is 2.57. The summed E-state index contributed by atoms with van der Waals surface area (Å²) in [5, 5.41) is 1.74. The molecule has 1 aromatic rings. The molecule has 0 aliphatic carbocycles. The third kappa shape index (κ3) is 2.84. The van der Waals surface area contributed by atoms with Crippen LogP contribution in [0.5, 0.6) is 0 Å². The fraction of sp³-hybridized carbons (Fsp3) is 0.412. The van der Waals surface area contributed by atoms with Crippen LogP contribution in [-0.4, -0.2) is 35.1 Å². The lowest BCUT2D eigenvalue weighted by molar-refractivity contribution is -0.136. The van der Waals surface area contributed by atoms with E-state index in [0.29, 0.717) is 0 Å². The maximum absolute atomic E-state index is 11.2. The Bertz CT molecular complexity index is 604. The van der Waals surface area contributed by atoms with Crippen molar-refractivity contribution < 1.29 is 14.4 Å². The van der Waals surface area contributed by atoms with Crippen LogP contribution in [0.3, 0.4) is 0 Å². The van der Waals surface area contributed by atoms with Crippen molar-refractivity contribution in [3.05, 3.63) is 48.2 Å². The molecule has 0 bridgehead atoms. The third-order valence-electron chi connectivity index (χ3n) is 4.19. The lowest BCUT2D eigenvalue weighted by Crippen LogP contribution is -2.52. The molecular weight excluding hydrogens is 280 g/mol. The fourth-order valence-electron chi connectivity index (χ4n) is 2.13.